The fourth-order valence-electron chi connectivity index (χ4n) is 1.55. The van der Waals surface area contributed by atoms with Crippen molar-refractivity contribution in [1.82, 2.24) is 0 Å². The minimum absolute atomic E-state index is 0.0414. The highest BCUT2D eigenvalue weighted by Crippen LogP contribution is 2.22. The molecule has 0 aliphatic heterocycles. The summed E-state index contributed by atoms with van der Waals surface area (Å²) in [6.45, 7) is 0. The minimum Gasteiger partial charge on any atom is -0.508 e. The molecule has 0 saturated heterocycles. The number of nitriles is 1. The predicted octanol–water partition coefficient (Wildman–Crippen LogP) is 3.17. The molecule has 0 unspecified atom stereocenters. The molecular weight excluding hydrogens is 264 g/mol. The number of halogens is 1. The lowest BCUT2D eigenvalue weighted by atomic mass is 10.1. The quantitative estimate of drug-likeness (QED) is 0.882. The fraction of sp³-hybridized carbons (Fsp3) is 0. The molecule has 0 saturated carbocycles. The Morgan fingerprint density at radius 3 is 2.79 bits per heavy atom. The number of hydrogen-bond acceptors (Lipinski definition) is 3. The number of nitrogens with zero attached hydrogens (tertiary/aromatic N) is 1. The molecule has 0 radical (unpaired) electrons. The summed E-state index contributed by atoms with van der Waals surface area (Å²) in [4.78, 5) is 12.0. The molecular formula is C14H9ClN2O2. The first-order valence-electron chi connectivity index (χ1n) is 5.40. The summed E-state index contributed by atoms with van der Waals surface area (Å²) < 4.78 is 0. The molecule has 0 aliphatic carbocycles. The van der Waals surface area contributed by atoms with E-state index >= 15 is 0 Å². The van der Waals surface area contributed by atoms with E-state index in [2.05, 4.69) is 5.32 Å². The summed E-state index contributed by atoms with van der Waals surface area (Å²) in [6.07, 6.45) is 0. The van der Waals surface area contributed by atoms with E-state index < -0.39 is 5.91 Å². The van der Waals surface area contributed by atoms with Crippen molar-refractivity contribution in [3.8, 4) is 11.8 Å². The largest absolute Gasteiger partial charge is 0.508 e. The van der Waals surface area contributed by atoms with Crippen LogP contribution in [0.5, 0.6) is 5.75 Å². The second-order valence-electron chi connectivity index (χ2n) is 3.81. The van der Waals surface area contributed by atoms with Gasteiger partial charge in [0.1, 0.15) is 5.75 Å². The van der Waals surface area contributed by atoms with E-state index in [1.54, 1.807) is 24.3 Å². The van der Waals surface area contributed by atoms with Gasteiger partial charge >= 0.3 is 0 Å². The molecule has 2 aromatic rings. The summed E-state index contributed by atoms with van der Waals surface area (Å²) in [5.41, 5.74) is 1.10. The zero-order valence-corrected chi connectivity index (χ0v) is 10.5. The number of carbonyl (C=O) groups is 1. The van der Waals surface area contributed by atoms with E-state index in [0.29, 0.717) is 11.3 Å². The Kier molecular flexibility index (Phi) is 3.69. The molecule has 0 aliphatic rings. The second kappa shape index (κ2) is 5.42. The summed E-state index contributed by atoms with van der Waals surface area (Å²) >= 11 is 5.89. The molecule has 5 heteroatoms. The first-order chi connectivity index (χ1) is 9.10. The van der Waals surface area contributed by atoms with Gasteiger partial charge in [0.05, 0.1) is 22.2 Å². The van der Waals surface area contributed by atoms with Gasteiger partial charge in [0, 0.05) is 5.69 Å². The first kappa shape index (κ1) is 12.9. The zero-order chi connectivity index (χ0) is 13.8. The number of phenols is 1. The van der Waals surface area contributed by atoms with Crippen molar-refractivity contribution in [2.24, 2.45) is 0 Å². The van der Waals surface area contributed by atoms with E-state index in [0.717, 1.165) is 0 Å². The normalized spacial score (nSPS) is 9.68. The minimum atomic E-state index is -0.448. The average molecular weight is 273 g/mol. The van der Waals surface area contributed by atoms with Crippen LogP contribution < -0.4 is 5.32 Å². The summed E-state index contributed by atoms with van der Waals surface area (Å²) in [7, 11) is 0. The highest BCUT2D eigenvalue weighted by molar-refractivity contribution is 6.34. The maximum atomic E-state index is 12.0. The lowest BCUT2D eigenvalue weighted by Crippen LogP contribution is -2.12. The van der Waals surface area contributed by atoms with Crippen molar-refractivity contribution in [3.05, 3.63) is 58.6 Å². The molecule has 0 aromatic heterocycles. The van der Waals surface area contributed by atoms with E-state index in [1.807, 2.05) is 6.07 Å². The predicted molar refractivity (Wildman–Crippen MR) is 72.2 cm³/mol. The summed E-state index contributed by atoms with van der Waals surface area (Å²) in [6, 6.07) is 12.6. The molecule has 0 bridgehead atoms. The maximum absolute atomic E-state index is 12.0. The Balaban J connectivity index is 2.26. The standard InChI is InChI=1S/C14H9ClN2O2/c15-13-5-4-11(18)7-12(13)14(19)17-10-3-1-2-9(6-10)8-16/h1-7,18H,(H,17,19). The van der Waals surface area contributed by atoms with Crippen LogP contribution in [0.4, 0.5) is 5.69 Å². The highest BCUT2D eigenvalue weighted by atomic mass is 35.5. The fourth-order valence-corrected chi connectivity index (χ4v) is 1.76. The Morgan fingerprint density at radius 2 is 2.05 bits per heavy atom. The Bertz CT molecular complexity index is 677. The average Bonchev–Trinajstić information content (AvgIpc) is 2.41. The van der Waals surface area contributed by atoms with Crippen molar-refractivity contribution >= 4 is 23.2 Å². The number of aromatic hydroxyl groups is 1. The smallest absolute Gasteiger partial charge is 0.257 e. The van der Waals surface area contributed by atoms with E-state index in [1.165, 1.54) is 18.2 Å². The maximum Gasteiger partial charge on any atom is 0.257 e. The van der Waals surface area contributed by atoms with Crippen LogP contribution in [0.3, 0.4) is 0 Å². The molecule has 0 heterocycles. The first-order valence-corrected chi connectivity index (χ1v) is 5.78. The third-order valence-corrected chi connectivity index (χ3v) is 2.77. The lowest BCUT2D eigenvalue weighted by molar-refractivity contribution is 0.102. The zero-order valence-electron chi connectivity index (χ0n) is 9.72. The van der Waals surface area contributed by atoms with Gasteiger partial charge in [-0.15, -0.1) is 0 Å². The lowest BCUT2D eigenvalue weighted by Gasteiger charge is -2.07. The highest BCUT2D eigenvalue weighted by Gasteiger charge is 2.11. The third-order valence-electron chi connectivity index (χ3n) is 2.44. The van der Waals surface area contributed by atoms with Crippen LogP contribution >= 0.6 is 11.6 Å². The SMILES string of the molecule is N#Cc1cccc(NC(=O)c2cc(O)ccc2Cl)c1. The van der Waals surface area contributed by atoms with Gasteiger partial charge in [-0.05, 0) is 36.4 Å². The molecule has 94 valence electrons. The summed E-state index contributed by atoms with van der Waals surface area (Å²) in [5.74, 6) is -0.490. The van der Waals surface area contributed by atoms with Gasteiger partial charge in [-0.2, -0.15) is 5.26 Å². The molecule has 2 aromatic carbocycles. The Hall–Kier alpha value is -2.51. The van der Waals surface area contributed by atoms with E-state index in [9.17, 15) is 9.90 Å². The Labute approximate surface area is 114 Å². The van der Waals surface area contributed by atoms with Crippen LogP contribution in [0.2, 0.25) is 5.02 Å². The van der Waals surface area contributed by atoms with Gasteiger partial charge in [-0.3, -0.25) is 4.79 Å². The monoisotopic (exact) mass is 272 g/mol. The Morgan fingerprint density at radius 1 is 1.26 bits per heavy atom. The van der Waals surface area contributed by atoms with Crippen molar-refractivity contribution in [1.29, 1.82) is 5.26 Å². The van der Waals surface area contributed by atoms with Gasteiger partial charge in [-0.1, -0.05) is 17.7 Å². The van der Waals surface area contributed by atoms with Gasteiger partial charge in [0.15, 0.2) is 0 Å². The number of anilines is 1. The van der Waals surface area contributed by atoms with E-state index in [4.69, 9.17) is 16.9 Å². The van der Waals surface area contributed by atoms with Crippen LogP contribution in [0, 0.1) is 11.3 Å². The van der Waals surface area contributed by atoms with Crippen LogP contribution in [0.15, 0.2) is 42.5 Å². The van der Waals surface area contributed by atoms with Crippen molar-refractivity contribution in [2.45, 2.75) is 0 Å². The number of nitrogens with one attached hydrogen (secondary N) is 1. The molecule has 2 N–H and O–H groups in total. The number of phenolic OH excluding ortho intramolecular Hbond substituents is 1. The van der Waals surface area contributed by atoms with Crippen molar-refractivity contribution in [2.75, 3.05) is 5.32 Å². The number of benzene rings is 2. The van der Waals surface area contributed by atoms with Crippen molar-refractivity contribution in [3.63, 3.8) is 0 Å². The van der Waals surface area contributed by atoms with Crippen LogP contribution in [0.25, 0.3) is 0 Å². The van der Waals surface area contributed by atoms with Gasteiger partial charge in [0.2, 0.25) is 0 Å². The van der Waals surface area contributed by atoms with Crippen LogP contribution in [-0.2, 0) is 0 Å². The van der Waals surface area contributed by atoms with Crippen molar-refractivity contribution < 1.29 is 9.90 Å². The number of hydrogen-bond donors (Lipinski definition) is 2. The second-order valence-corrected chi connectivity index (χ2v) is 4.22. The van der Waals surface area contributed by atoms with E-state index in [-0.39, 0.29) is 16.3 Å². The molecule has 2 rings (SSSR count). The number of carbonyl (C=O) groups excluding carboxylic acids is 1. The molecule has 1 amide bonds. The molecule has 0 atom stereocenters. The number of amides is 1. The van der Waals surface area contributed by atoms with Gasteiger partial charge < -0.3 is 10.4 Å². The summed E-state index contributed by atoms with van der Waals surface area (Å²) in [5, 5.41) is 21.0. The molecule has 0 spiro atoms. The van der Waals surface area contributed by atoms with Gasteiger partial charge in [-0.25, -0.2) is 0 Å². The van der Waals surface area contributed by atoms with Crippen LogP contribution in [-0.4, -0.2) is 11.0 Å². The number of rotatable bonds is 2. The topological polar surface area (TPSA) is 73.1 Å². The molecule has 4 nitrogen and oxygen atoms in total. The molecule has 0 fully saturated rings. The third kappa shape index (κ3) is 3.03. The molecule has 19 heavy (non-hydrogen) atoms. The van der Waals surface area contributed by atoms with Crippen LogP contribution in [0.1, 0.15) is 15.9 Å². The van der Waals surface area contributed by atoms with Gasteiger partial charge in [0.25, 0.3) is 5.91 Å².